The summed E-state index contributed by atoms with van der Waals surface area (Å²) in [4.78, 5) is 21.9. The zero-order valence-electron chi connectivity index (χ0n) is 17.5. The summed E-state index contributed by atoms with van der Waals surface area (Å²) in [6.45, 7) is 0. The molecular formula is C22H19FN4O3S2. The van der Waals surface area contributed by atoms with E-state index in [1.807, 2.05) is 17.7 Å². The number of thioether (sulfide) groups is 1. The van der Waals surface area contributed by atoms with Crippen molar-refractivity contribution < 1.29 is 18.7 Å². The number of anilines is 1. The van der Waals surface area contributed by atoms with E-state index in [4.69, 9.17) is 9.47 Å². The number of rotatable bonds is 7. The van der Waals surface area contributed by atoms with Crippen LogP contribution < -0.4 is 14.8 Å². The highest BCUT2D eigenvalue weighted by atomic mass is 32.2. The van der Waals surface area contributed by atoms with Gasteiger partial charge in [-0.2, -0.15) is 0 Å². The number of ether oxygens (including phenoxy) is 2. The van der Waals surface area contributed by atoms with E-state index in [-0.39, 0.29) is 11.7 Å². The van der Waals surface area contributed by atoms with E-state index >= 15 is 0 Å². The number of aromatic nitrogens is 3. The Morgan fingerprint density at radius 3 is 2.62 bits per heavy atom. The molecule has 0 atom stereocenters. The topological polar surface area (TPSA) is 78.3 Å². The lowest BCUT2D eigenvalue weighted by molar-refractivity contribution is 0.102. The molecule has 0 radical (unpaired) electrons. The van der Waals surface area contributed by atoms with Gasteiger partial charge in [0.15, 0.2) is 10.3 Å². The van der Waals surface area contributed by atoms with E-state index in [0.717, 1.165) is 5.56 Å². The van der Waals surface area contributed by atoms with Crippen LogP contribution in [0.15, 0.2) is 59.2 Å². The molecule has 0 unspecified atom stereocenters. The van der Waals surface area contributed by atoms with Crippen LogP contribution in [0.25, 0.3) is 16.9 Å². The Morgan fingerprint density at radius 2 is 1.94 bits per heavy atom. The Labute approximate surface area is 192 Å². The van der Waals surface area contributed by atoms with Gasteiger partial charge in [0.1, 0.15) is 23.0 Å². The minimum atomic E-state index is -0.374. The summed E-state index contributed by atoms with van der Waals surface area (Å²) in [6, 6.07) is 11.3. The van der Waals surface area contributed by atoms with Crippen LogP contribution in [0.1, 0.15) is 10.5 Å². The fourth-order valence-electron chi connectivity index (χ4n) is 3.11. The zero-order valence-corrected chi connectivity index (χ0v) is 19.1. The minimum absolute atomic E-state index is 0.316. The maximum atomic E-state index is 13.4. The first-order chi connectivity index (χ1) is 15.5. The molecule has 4 rings (SSSR count). The lowest BCUT2D eigenvalue weighted by atomic mass is 10.1. The number of methoxy groups -OCH3 is 2. The van der Waals surface area contributed by atoms with E-state index in [1.54, 1.807) is 43.1 Å². The number of hydrogen-bond donors (Lipinski definition) is 1. The standard InChI is InChI=1S/C22H19FN4O3S2/c1-29-15-8-9-19(30-2)16(10-15)17-12-32-21(25-17)26-20(28)18-11-24-22(31-3)27(18)14-6-4-13(23)5-7-14/h4-12H,1-3H3,(H,25,26,28). The van der Waals surface area contributed by atoms with Crippen molar-refractivity contribution in [1.29, 1.82) is 0 Å². The first kappa shape index (κ1) is 21.8. The SMILES string of the molecule is COc1ccc(OC)c(-c2csc(NC(=O)c3cnc(SC)n3-c3ccc(F)cc3)n2)c1. The van der Waals surface area contributed by atoms with Crippen LogP contribution in [-0.2, 0) is 0 Å². The number of imidazole rings is 1. The Kier molecular flexibility index (Phi) is 6.42. The molecule has 2 aromatic carbocycles. The summed E-state index contributed by atoms with van der Waals surface area (Å²) >= 11 is 2.68. The van der Waals surface area contributed by atoms with E-state index in [1.165, 1.54) is 41.4 Å². The minimum Gasteiger partial charge on any atom is -0.497 e. The molecular weight excluding hydrogens is 451 g/mol. The smallest absolute Gasteiger partial charge is 0.276 e. The largest absolute Gasteiger partial charge is 0.497 e. The van der Waals surface area contributed by atoms with Crippen LogP contribution in [0.3, 0.4) is 0 Å². The number of benzene rings is 2. The molecule has 1 amide bonds. The predicted molar refractivity (Wildman–Crippen MR) is 124 cm³/mol. The number of amides is 1. The number of carbonyl (C=O) groups is 1. The Bertz CT molecular complexity index is 1250. The van der Waals surface area contributed by atoms with Crippen LogP contribution in [0.4, 0.5) is 9.52 Å². The summed E-state index contributed by atoms with van der Waals surface area (Å²) in [5, 5.41) is 5.69. The fourth-order valence-corrected chi connectivity index (χ4v) is 4.36. The van der Waals surface area contributed by atoms with Crippen molar-refractivity contribution in [3.05, 3.63) is 65.6 Å². The van der Waals surface area contributed by atoms with Crippen molar-refractivity contribution in [2.24, 2.45) is 0 Å². The molecule has 0 aliphatic heterocycles. The fraction of sp³-hybridized carbons (Fsp3) is 0.136. The number of hydrogen-bond acceptors (Lipinski definition) is 7. The lowest BCUT2D eigenvalue weighted by Gasteiger charge is -2.10. The van der Waals surface area contributed by atoms with Gasteiger partial charge in [0.25, 0.3) is 5.91 Å². The predicted octanol–water partition coefficient (Wildman–Crippen LogP) is 5.13. The lowest BCUT2D eigenvalue weighted by Crippen LogP contribution is -2.16. The maximum absolute atomic E-state index is 13.4. The van der Waals surface area contributed by atoms with Crippen molar-refractivity contribution in [1.82, 2.24) is 14.5 Å². The molecule has 10 heteroatoms. The molecule has 0 fully saturated rings. The average molecular weight is 471 g/mol. The van der Waals surface area contributed by atoms with Gasteiger partial charge in [-0.1, -0.05) is 11.8 Å². The summed E-state index contributed by atoms with van der Waals surface area (Å²) in [6.07, 6.45) is 3.35. The first-order valence-corrected chi connectivity index (χ1v) is 11.5. The van der Waals surface area contributed by atoms with Crippen LogP contribution in [-0.4, -0.2) is 40.9 Å². The van der Waals surface area contributed by atoms with E-state index in [0.29, 0.717) is 38.9 Å². The Balaban J connectivity index is 1.62. The number of nitrogens with zero attached hydrogens (tertiary/aromatic N) is 3. The van der Waals surface area contributed by atoms with Gasteiger partial charge in [0, 0.05) is 16.6 Å². The van der Waals surface area contributed by atoms with Gasteiger partial charge in [0.2, 0.25) is 0 Å². The first-order valence-electron chi connectivity index (χ1n) is 9.41. The number of halogens is 1. The molecule has 0 spiro atoms. The molecule has 2 aromatic heterocycles. The molecule has 32 heavy (non-hydrogen) atoms. The Morgan fingerprint density at radius 1 is 1.16 bits per heavy atom. The third-order valence-electron chi connectivity index (χ3n) is 4.64. The number of nitrogens with one attached hydrogen (secondary N) is 1. The van der Waals surface area contributed by atoms with E-state index < -0.39 is 0 Å². The van der Waals surface area contributed by atoms with E-state index in [2.05, 4.69) is 15.3 Å². The maximum Gasteiger partial charge on any atom is 0.276 e. The zero-order chi connectivity index (χ0) is 22.7. The molecule has 0 aliphatic rings. The van der Waals surface area contributed by atoms with Gasteiger partial charge >= 0.3 is 0 Å². The third kappa shape index (κ3) is 4.32. The van der Waals surface area contributed by atoms with Gasteiger partial charge < -0.3 is 9.47 Å². The van der Waals surface area contributed by atoms with E-state index in [9.17, 15) is 9.18 Å². The Hall–Kier alpha value is -3.37. The van der Waals surface area contributed by atoms with Crippen LogP contribution in [0.2, 0.25) is 0 Å². The second kappa shape index (κ2) is 9.41. The van der Waals surface area contributed by atoms with Gasteiger partial charge in [-0.25, -0.2) is 14.4 Å². The molecule has 164 valence electrons. The molecule has 0 saturated heterocycles. The van der Waals surface area contributed by atoms with Crippen molar-refractivity contribution in [3.8, 4) is 28.4 Å². The number of carbonyl (C=O) groups excluding carboxylic acids is 1. The van der Waals surface area contributed by atoms with Crippen molar-refractivity contribution >= 4 is 34.1 Å². The van der Waals surface area contributed by atoms with Gasteiger partial charge in [-0.05, 0) is 48.7 Å². The summed E-state index contributed by atoms with van der Waals surface area (Å²) in [7, 11) is 3.17. The molecule has 2 heterocycles. The van der Waals surface area contributed by atoms with Crippen molar-refractivity contribution in [2.45, 2.75) is 5.16 Å². The molecule has 0 bridgehead atoms. The van der Waals surface area contributed by atoms with Crippen molar-refractivity contribution in [2.75, 3.05) is 25.8 Å². The van der Waals surface area contributed by atoms with Crippen LogP contribution >= 0.6 is 23.1 Å². The molecule has 4 aromatic rings. The summed E-state index contributed by atoms with van der Waals surface area (Å²) in [5.74, 6) is 0.592. The molecule has 7 nitrogen and oxygen atoms in total. The average Bonchev–Trinajstić information content (AvgIpc) is 3.46. The van der Waals surface area contributed by atoms with Crippen LogP contribution in [0.5, 0.6) is 11.5 Å². The quantitative estimate of drug-likeness (QED) is 0.378. The second-order valence-corrected chi connectivity index (χ2v) is 8.13. The molecule has 0 aliphatic carbocycles. The highest BCUT2D eigenvalue weighted by molar-refractivity contribution is 7.98. The molecule has 1 N–H and O–H groups in total. The summed E-state index contributed by atoms with van der Waals surface area (Å²) in [5.41, 5.74) is 2.36. The van der Waals surface area contributed by atoms with Crippen LogP contribution in [0, 0.1) is 5.82 Å². The number of thiazole rings is 1. The normalized spacial score (nSPS) is 10.8. The van der Waals surface area contributed by atoms with Gasteiger partial charge in [-0.3, -0.25) is 14.7 Å². The highest BCUT2D eigenvalue weighted by Crippen LogP contribution is 2.35. The van der Waals surface area contributed by atoms with Crippen molar-refractivity contribution in [3.63, 3.8) is 0 Å². The summed E-state index contributed by atoms with van der Waals surface area (Å²) < 4.78 is 25.8. The molecule has 0 saturated carbocycles. The van der Waals surface area contributed by atoms with Gasteiger partial charge in [0.05, 0.1) is 26.1 Å². The van der Waals surface area contributed by atoms with Gasteiger partial charge in [-0.15, -0.1) is 11.3 Å². The monoisotopic (exact) mass is 470 g/mol. The highest BCUT2D eigenvalue weighted by Gasteiger charge is 2.20. The third-order valence-corrected chi connectivity index (χ3v) is 6.05. The second-order valence-electron chi connectivity index (χ2n) is 6.50.